The van der Waals surface area contributed by atoms with E-state index in [2.05, 4.69) is 0 Å². The minimum atomic E-state index is -1.01. The lowest BCUT2D eigenvalue weighted by Crippen LogP contribution is -2.42. The summed E-state index contributed by atoms with van der Waals surface area (Å²) in [4.78, 5) is 25.7. The second-order valence-electron chi connectivity index (χ2n) is 5.97. The van der Waals surface area contributed by atoms with Crippen LogP contribution in [0.2, 0.25) is 0 Å². The highest BCUT2D eigenvalue weighted by molar-refractivity contribution is 5.82. The molecule has 0 spiro atoms. The van der Waals surface area contributed by atoms with Crippen LogP contribution in [-0.4, -0.2) is 69.5 Å². The number of carboxylic acids is 1. The van der Waals surface area contributed by atoms with E-state index in [0.29, 0.717) is 49.1 Å². The summed E-state index contributed by atoms with van der Waals surface area (Å²) in [5.41, 5.74) is 0.696. The number of morpholine rings is 1. The molecule has 1 aliphatic rings. The zero-order valence-electron chi connectivity index (χ0n) is 15.3. The maximum Gasteiger partial charge on any atom is 0.307 e. The number of carbonyl (C=O) groups excluding carboxylic acids is 1. The van der Waals surface area contributed by atoms with E-state index in [0.717, 1.165) is 0 Å². The van der Waals surface area contributed by atoms with Gasteiger partial charge in [-0.2, -0.15) is 0 Å². The van der Waals surface area contributed by atoms with Gasteiger partial charge in [0, 0.05) is 19.5 Å². The predicted octanol–water partition coefficient (Wildman–Crippen LogP) is 1.20. The predicted molar refractivity (Wildman–Crippen MR) is 92.9 cm³/mol. The Morgan fingerprint density at radius 2 is 1.69 bits per heavy atom. The van der Waals surface area contributed by atoms with Gasteiger partial charge in [0.25, 0.3) is 0 Å². The fraction of sp³-hybridized carbons (Fsp3) is 0.556. The van der Waals surface area contributed by atoms with E-state index < -0.39 is 11.9 Å². The van der Waals surface area contributed by atoms with Crippen LogP contribution in [0.1, 0.15) is 12.0 Å². The first-order valence-electron chi connectivity index (χ1n) is 8.37. The number of amides is 1. The molecule has 0 bridgehead atoms. The van der Waals surface area contributed by atoms with E-state index in [1.54, 1.807) is 17.0 Å². The number of methoxy groups -OCH3 is 3. The molecule has 1 amide bonds. The number of hydrogen-bond donors (Lipinski definition) is 1. The summed E-state index contributed by atoms with van der Waals surface area (Å²) in [5, 5.41) is 9.55. The molecular formula is C18H25NO7. The molecule has 1 aromatic carbocycles. The Bertz CT molecular complexity index is 615. The lowest BCUT2D eigenvalue weighted by molar-refractivity contribution is -0.147. The molecule has 0 aliphatic carbocycles. The number of benzene rings is 1. The Balaban J connectivity index is 2.16. The average molecular weight is 367 g/mol. The lowest BCUT2D eigenvalue weighted by Gasteiger charge is -2.28. The van der Waals surface area contributed by atoms with Gasteiger partial charge in [0.2, 0.25) is 11.7 Å². The molecule has 8 nitrogen and oxygen atoms in total. The van der Waals surface area contributed by atoms with Gasteiger partial charge in [-0.15, -0.1) is 0 Å². The zero-order chi connectivity index (χ0) is 19.1. The average Bonchev–Trinajstić information content (AvgIpc) is 2.66. The fourth-order valence-corrected chi connectivity index (χ4v) is 2.94. The van der Waals surface area contributed by atoms with Crippen LogP contribution in [-0.2, 0) is 20.7 Å². The number of carboxylic acid groups (broad SMARTS) is 1. The molecule has 0 saturated carbocycles. The molecule has 1 heterocycles. The highest BCUT2D eigenvalue weighted by Crippen LogP contribution is 2.38. The van der Waals surface area contributed by atoms with Gasteiger partial charge >= 0.3 is 5.97 Å². The quantitative estimate of drug-likeness (QED) is 0.738. The van der Waals surface area contributed by atoms with Crippen molar-refractivity contribution in [2.24, 2.45) is 5.92 Å². The SMILES string of the molecule is COc1cc(CC(CC(=O)N2CCOCC2)C(=O)O)cc(OC)c1OC. The fourth-order valence-electron chi connectivity index (χ4n) is 2.94. The van der Waals surface area contributed by atoms with Gasteiger partial charge in [-0.25, -0.2) is 0 Å². The monoisotopic (exact) mass is 367 g/mol. The molecule has 0 radical (unpaired) electrons. The minimum absolute atomic E-state index is 0.0635. The van der Waals surface area contributed by atoms with Crippen molar-refractivity contribution < 1.29 is 33.6 Å². The molecule has 1 aromatic rings. The molecule has 144 valence electrons. The van der Waals surface area contributed by atoms with E-state index in [1.165, 1.54) is 21.3 Å². The van der Waals surface area contributed by atoms with Crippen LogP contribution in [0.4, 0.5) is 0 Å². The maximum absolute atomic E-state index is 12.4. The van der Waals surface area contributed by atoms with Gasteiger partial charge in [-0.05, 0) is 24.1 Å². The lowest BCUT2D eigenvalue weighted by atomic mass is 9.95. The third kappa shape index (κ3) is 4.78. The first kappa shape index (κ1) is 19.8. The molecule has 1 saturated heterocycles. The largest absolute Gasteiger partial charge is 0.493 e. The van der Waals surface area contributed by atoms with Crippen LogP contribution >= 0.6 is 0 Å². The zero-order valence-corrected chi connectivity index (χ0v) is 15.3. The maximum atomic E-state index is 12.4. The van der Waals surface area contributed by atoms with Crippen LogP contribution in [0.15, 0.2) is 12.1 Å². The van der Waals surface area contributed by atoms with Gasteiger partial charge in [0.1, 0.15) is 0 Å². The molecule has 1 N–H and O–H groups in total. The summed E-state index contributed by atoms with van der Waals surface area (Å²) in [6.07, 6.45) is 0.119. The van der Waals surface area contributed by atoms with E-state index in [9.17, 15) is 14.7 Å². The standard InChI is InChI=1S/C18H25NO7/c1-23-14-9-12(10-15(24-2)17(14)25-3)8-13(18(21)22)11-16(20)19-4-6-26-7-5-19/h9-10,13H,4-8,11H2,1-3H3,(H,21,22). The third-order valence-electron chi connectivity index (χ3n) is 4.34. The molecular weight excluding hydrogens is 342 g/mol. The summed E-state index contributed by atoms with van der Waals surface area (Å²) < 4.78 is 21.1. The first-order chi connectivity index (χ1) is 12.5. The molecule has 26 heavy (non-hydrogen) atoms. The Morgan fingerprint density at radius 1 is 1.12 bits per heavy atom. The highest BCUT2D eigenvalue weighted by atomic mass is 16.5. The topological polar surface area (TPSA) is 94.5 Å². The summed E-state index contributed by atoms with van der Waals surface area (Å²) >= 11 is 0. The van der Waals surface area contributed by atoms with Crippen molar-refractivity contribution in [3.8, 4) is 17.2 Å². The molecule has 1 unspecified atom stereocenters. The Kier molecular flexibility index (Phi) is 7.08. The van der Waals surface area contributed by atoms with Crippen molar-refractivity contribution in [3.05, 3.63) is 17.7 Å². The normalized spacial score (nSPS) is 15.3. The van der Waals surface area contributed by atoms with Gasteiger partial charge in [0.05, 0.1) is 40.5 Å². The van der Waals surface area contributed by atoms with Crippen molar-refractivity contribution in [1.29, 1.82) is 0 Å². The van der Waals surface area contributed by atoms with Crippen molar-refractivity contribution in [2.45, 2.75) is 12.8 Å². The van der Waals surface area contributed by atoms with E-state index in [1.807, 2.05) is 0 Å². The summed E-state index contributed by atoms with van der Waals surface area (Å²) in [7, 11) is 4.50. The third-order valence-corrected chi connectivity index (χ3v) is 4.34. The van der Waals surface area contributed by atoms with Crippen LogP contribution in [0, 0.1) is 5.92 Å². The van der Waals surface area contributed by atoms with Crippen molar-refractivity contribution in [1.82, 2.24) is 4.90 Å². The van der Waals surface area contributed by atoms with Gasteiger partial charge in [0.15, 0.2) is 11.5 Å². The molecule has 1 atom stereocenters. The Morgan fingerprint density at radius 3 is 2.15 bits per heavy atom. The van der Waals surface area contributed by atoms with E-state index >= 15 is 0 Å². The van der Waals surface area contributed by atoms with Crippen LogP contribution in [0.5, 0.6) is 17.2 Å². The first-order valence-corrected chi connectivity index (χ1v) is 8.37. The van der Waals surface area contributed by atoms with Crippen LogP contribution in [0.3, 0.4) is 0 Å². The van der Waals surface area contributed by atoms with E-state index in [-0.39, 0.29) is 18.7 Å². The molecule has 0 aromatic heterocycles. The number of hydrogen-bond acceptors (Lipinski definition) is 6. The second kappa shape index (κ2) is 9.28. The Hall–Kier alpha value is -2.48. The minimum Gasteiger partial charge on any atom is -0.493 e. The molecule has 8 heteroatoms. The van der Waals surface area contributed by atoms with Crippen molar-refractivity contribution in [2.75, 3.05) is 47.6 Å². The second-order valence-corrected chi connectivity index (χ2v) is 5.97. The summed E-state index contributed by atoms with van der Waals surface area (Å²) in [6.45, 7) is 1.96. The Labute approximate surface area is 152 Å². The summed E-state index contributed by atoms with van der Waals surface area (Å²) in [5.74, 6) is -0.687. The van der Waals surface area contributed by atoms with Crippen LogP contribution in [0.25, 0.3) is 0 Å². The van der Waals surface area contributed by atoms with Gasteiger partial charge in [-0.1, -0.05) is 0 Å². The van der Waals surface area contributed by atoms with Gasteiger partial charge < -0.3 is 29.0 Å². The molecule has 2 rings (SSSR count). The number of rotatable bonds is 8. The molecule has 1 aliphatic heterocycles. The number of ether oxygens (including phenoxy) is 4. The number of nitrogens with zero attached hydrogens (tertiary/aromatic N) is 1. The van der Waals surface area contributed by atoms with Crippen molar-refractivity contribution >= 4 is 11.9 Å². The smallest absolute Gasteiger partial charge is 0.307 e. The van der Waals surface area contributed by atoms with Crippen molar-refractivity contribution in [3.63, 3.8) is 0 Å². The summed E-state index contributed by atoms with van der Waals surface area (Å²) in [6, 6.07) is 3.41. The number of carbonyl (C=O) groups is 2. The van der Waals surface area contributed by atoms with E-state index in [4.69, 9.17) is 18.9 Å². The van der Waals surface area contributed by atoms with Crippen LogP contribution < -0.4 is 14.2 Å². The highest BCUT2D eigenvalue weighted by Gasteiger charge is 2.26. The number of aliphatic carboxylic acids is 1. The molecule has 1 fully saturated rings. The van der Waals surface area contributed by atoms with Gasteiger partial charge in [-0.3, -0.25) is 9.59 Å².